The molecule has 1 atom stereocenters. The van der Waals surface area contributed by atoms with E-state index in [0.29, 0.717) is 11.7 Å². The van der Waals surface area contributed by atoms with Crippen LogP contribution in [0, 0.1) is 6.92 Å². The van der Waals surface area contributed by atoms with E-state index in [1.54, 1.807) is 0 Å². The molecule has 6 heteroatoms. The first-order valence-corrected chi connectivity index (χ1v) is 11.8. The average molecular weight is 451 g/mol. The van der Waals surface area contributed by atoms with Gasteiger partial charge in [0.25, 0.3) is 5.56 Å². The third kappa shape index (κ3) is 5.96. The number of pyridine rings is 1. The average Bonchev–Trinajstić information content (AvgIpc) is 2.80. The van der Waals surface area contributed by atoms with Crippen molar-refractivity contribution in [2.45, 2.75) is 40.3 Å². The van der Waals surface area contributed by atoms with E-state index in [1.807, 2.05) is 49.4 Å². The Labute approximate surface area is 196 Å². The lowest BCUT2D eigenvalue weighted by Gasteiger charge is -2.30. The molecule has 3 rings (SSSR count). The van der Waals surface area contributed by atoms with Crippen LogP contribution in [-0.4, -0.2) is 46.1 Å². The van der Waals surface area contributed by atoms with Gasteiger partial charge >= 0.3 is 0 Å². The molecule has 1 unspecified atom stereocenters. The molecule has 0 bridgehead atoms. The summed E-state index contributed by atoms with van der Waals surface area (Å²) in [6.45, 7) is 12.5. The maximum absolute atomic E-state index is 12.9. The number of aryl methyl sites for hydroxylation is 1. The van der Waals surface area contributed by atoms with Crippen molar-refractivity contribution in [2.24, 2.45) is 0 Å². The van der Waals surface area contributed by atoms with Gasteiger partial charge in [0.15, 0.2) is 5.11 Å². The number of rotatable bonds is 9. The molecule has 0 amide bonds. The summed E-state index contributed by atoms with van der Waals surface area (Å²) in [5.41, 5.74) is 3.81. The number of thiocarbonyl (C=S) groups is 1. The van der Waals surface area contributed by atoms with Crippen molar-refractivity contribution < 1.29 is 0 Å². The standard InChI is InChI=1S/C26H34N4OS/c1-5-29(6-2)15-16-30(26(32)27-20(4)21-12-8-7-9-13-21)18-23-17-22-14-10-11-19(3)24(22)28-25(23)31/h7-14,17,20H,5-6,15-16,18H2,1-4H3,(H,27,32)(H,28,31). The van der Waals surface area contributed by atoms with E-state index in [9.17, 15) is 4.79 Å². The third-order valence-electron chi connectivity index (χ3n) is 6.03. The quantitative estimate of drug-likeness (QED) is 0.466. The second-order valence-corrected chi connectivity index (χ2v) is 8.58. The van der Waals surface area contributed by atoms with Crippen LogP contribution in [0.25, 0.3) is 10.9 Å². The Morgan fingerprint density at radius 3 is 2.47 bits per heavy atom. The highest BCUT2D eigenvalue weighted by atomic mass is 32.1. The van der Waals surface area contributed by atoms with E-state index in [4.69, 9.17) is 12.2 Å². The first kappa shape index (κ1) is 24.0. The Hall–Kier alpha value is -2.70. The Kier molecular flexibility index (Phi) is 8.42. The number of hydrogen-bond acceptors (Lipinski definition) is 3. The second kappa shape index (κ2) is 11.2. The highest BCUT2D eigenvalue weighted by Gasteiger charge is 2.17. The summed E-state index contributed by atoms with van der Waals surface area (Å²) in [7, 11) is 0. The molecule has 1 aromatic heterocycles. The molecule has 1 heterocycles. The van der Waals surface area contributed by atoms with Crippen molar-refractivity contribution in [2.75, 3.05) is 26.2 Å². The van der Waals surface area contributed by atoms with Crippen LogP contribution in [0.2, 0.25) is 0 Å². The second-order valence-electron chi connectivity index (χ2n) is 8.19. The molecule has 0 aliphatic rings. The smallest absolute Gasteiger partial charge is 0.253 e. The zero-order valence-corrected chi connectivity index (χ0v) is 20.3. The summed E-state index contributed by atoms with van der Waals surface area (Å²) < 4.78 is 0. The third-order valence-corrected chi connectivity index (χ3v) is 6.41. The lowest BCUT2D eigenvalue weighted by Crippen LogP contribution is -2.44. The summed E-state index contributed by atoms with van der Waals surface area (Å²) in [4.78, 5) is 20.4. The number of hydrogen-bond donors (Lipinski definition) is 2. The van der Waals surface area contributed by atoms with Crippen LogP contribution in [0.15, 0.2) is 59.4 Å². The number of para-hydroxylation sites is 1. The Morgan fingerprint density at radius 2 is 1.78 bits per heavy atom. The molecule has 32 heavy (non-hydrogen) atoms. The minimum absolute atomic E-state index is 0.0569. The minimum atomic E-state index is -0.0569. The SMILES string of the molecule is CCN(CC)CCN(Cc1cc2cccc(C)c2[nH]c1=O)C(=S)NC(C)c1ccccc1. The van der Waals surface area contributed by atoms with Gasteiger partial charge in [-0.25, -0.2) is 0 Å². The van der Waals surface area contributed by atoms with Gasteiger partial charge in [-0.05, 0) is 61.7 Å². The molecule has 2 N–H and O–H groups in total. The van der Waals surface area contributed by atoms with Gasteiger partial charge in [0.1, 0.15) is 0 Å². The van der Waals surface area contributed by atoms with Gasteiger partial charge in [-0.3, -0.25) is 4.79 Å². The van der Waals surface area contributed by atoms with E-state index in [0.717, 1.165) is 48.2 Å². The van der Waals surface area contributed by atoms with Gasteiger partial charge < -0.3 is 20.1 Å². The van der Waals surface area contributed by atoms with E-state index in [-0.39, 0.29) is 11.6 Å². The molecule has 0 spiro atoms. The van der Waals surface area contributed by atoms with Crippen LogP contribution in [0.3, 0.4) is 0 Å². The summed E-state index contributed by atoms with van der Waals surface area (Å²) >= 11 is 5.82. The highest BCUT2D eigenvalue weighted by molar-refractivity contribution is 7.80. The molecule has 0 fully saturated rings. The van der Waals surface area contributed by atoms with Crippen molar-refractivity contribution >= 4 is 28.2 Å². The number of nitrogens with one attached hydrogen (secondary N) is 2. The summed E-state index contributed by atoms with van der Waals surface area (Å²) in [6.07, 6.45) is 0. The van der Waals surface area contributed by atoms with Crippen molar-refractivity contribution in [1.29, 1.82) is 0 Å². The lowest BCUT2D eigenvalue weighted by molar-refractivity contribution is 0.262. The van der Waals surface area contributed by atoms with Crippen LogP contribution >= 0.6 is 12.2 Å². The maximum Gasteiger partial charge on any atom is 0.253 e. The molecule has 0 saturated heterocycles. The fourth-order valence-corrected chi connectivity index (χ4v) is 4.24. The van der Waals surface area contributed by atoms with Crippen LogP contribution in [0.5, 0.6) is 0 Å². The Balaban J connectivity index is 1.83. The fourth-order valence-electron chi connectivity index (χ4n) is 3.91. The normalized spacial score (nSPS) is 12.2. The number of H-pyrrole nitrogens is 1. The van der Waals surface area contributed by atoms with Gasteiger partial charge in [0, 0.05) is 18.7 Å². The first-order chi connectivity index (χ1) is 15.4. The zero-order chi connectivity index (χ0) is 23.1. The largest absolute Gasteiger partial charge is 0.356 e. The predicted molar refractivity (Wildman–Crippen MR) is 138 cm³/mol. The molecule has 0 radical (unpaired) electrons. The molecule has 170 valence electrons. The highest BCUT2D eigenvalue weighted by Crippen LogP contribution is 2.17. The zero-order valence-electron chi connectivity index (χ0n) is 19.5. The van der Waals surface area contributed by atoms with E-state index >= 15 is 0 Å². The van der Waals surface area contributed by atoms with Gasteiger partial charge in [-0.2, -0.15) is 0 Å². The Bertz CT molecular complexity index is 1090. The molecule has 3 aromatic rings. The van der Waals surface area contributed by atoms with Gasteiger partial charge in [-0.15, -0.1) is 0 Å². The van der Waals surface area contributed by atoms with E-state index < -0.39 is 0 Å². The van der Waals surface area contributed by atoms with Crippen molar-refractivity contribution in [3.63, 3.8) is 0 Å². The first-order valence-electron chi connectivity index (χ1n) is 11.4. The van der Waals surface area contributed by atoms with Gasteiger partial charge in [0.05, 0.1) is 18.1 Å². The monoisotopic (exact) mass is 450 g/mol. The summed E-state index contributed by atoms with van der Waals surface area (Å²) in [6, 6.07) is 18.4. The Morgan fingerprint density at radius 1 is 1.06 bits per heavy atom. The lowest BCUT2D eigenvalue weighted by atomic mass is 10.1. The van der Waals surface area contributed by atoms with E-state index in [2.05, 4.69) is 53.0 Å². The van der Waals surface area contributed by atoms with Crippen molar-refractivity contribution in [1.82, 2.24) is 20.1 Å². The van der Waals surface area contributed by atoms with Crippen LogP contribution in [0.4, 0.5) is 0 Å². The number of aromatic nitrogens is 1. The van der Waals surface area contributed by atoms with Gasteiger partial charge in [-0.1, -0.05) is 62.4 Å². The number of fused-ring (bicyclic) bond motifs is 1. The minimum Gasteiger partial charge on any atom is -0.356 e. The molecule has 0 saturated carbocycles. The topological polar surface area (TPSA) is 51.4 Å². The molecule has 0 aliphatic carbocycles. The molecule has 2 aromatic carbocycles. The molecule has 5 nitrogen and oxygen atoms in total. The predicted octanol–water partition coefficient (Wildman–Crippen LogP) is 4.62. The van der Waals surface area contributed by atoms with Crippen LogP contribution < -0.4 is 10.9 Å². The number of benzene rings is 2. The van der Waals surface area contributed by atoms with E-state index in [1.165, 1.54) is 5.56 Å². The van der Waals surface area contributed by atoms with Crippen molar-refractivity contribution in [3.8, 4) is 0 Å². The maximum atomic E-state index is 12.9. The number of likely N-dealkylation sites (N-methyl/N-ethyl adjacent to an activating group) is 1. The number of aromatic amines is 1. The molecular formula is C26H34N4OS. The summed E-state index contributed by atoms with van der Waals surface area (Å²) in [5.74, 6) is 0. The summed E-state index contributed by atoms with van der Waals surface area (Å²) in [5, 5.41) is 5.17. The van der Waals surface area contributed by atoms with Crippen LogP contribution in [-0.2, 0) is 6.54 Å². The van der Waals surface area contributed by atoms with Crippen LogP contribution in [0.1, 0.15) is 43.5 Å². The molecular weight excluding hydrogens is 416 g/mol. The number of nitrogens with zero attached hydrogens (tertiary/aromatic N) is 2. The van der Waals surface area contributed by atoms with Crippen molar-refractivity contribution in [3.05, 3.63) is 81.6 Å². The van der Waals surface area contributed by atoms with Gasteiger partial charge in [0.2, 0.25) is 0 Å². The fraction of sp³-hybridized carbons (Fsp3) is 0.385. The molecule has 0 aliphatic heterocycles.